The van der Waals surface area contributed by atoms with Gasteiger partial charge in [-0.25, -0.2) is 0 Å². The first-order valence-corrected chi connectivity index (χ1v) is 5.86. The maximum absolute atomic E-state index is 11.2. The Bertz CT molecular complexity index is 242. The summed E-state index contributed by atoms with van der Waals surface area (Å²) in [6.07, 6.45) is 3.84. The number of hydrogen-bond acceptors (Lipinski definition) is 2. The van der Waals surface area contributed by atoms with Crippen LogP contribution in [0.5, 0.6) is 0 Å². The monoisotopic (exact) mass is 270 g/mol. The Morgan fingerprint density at radius 3 is 1.88 bits per heavy atom. The topological polar surface area (TPSA) is 74.6 Å². The van der Waals surface area contributed by atoms with Crippen LogP contribution in [-0.2, 0) is 9.59 Å². The molecule has 4 nitrogen and oxygen atoms in total. The van der Waals surface area contributed by atoms with E-state index in [1.165, 1.54) is 0 Å². The summed E-state index contributed by atoms with van der Waals surface area (Å²) in [7, 11) is 0. The van der Waals surface area contributed by atoms with E-state index in [2.05, 4.69) is 6.92 Å². The second-order valence-electron chi connectivity index (χ2n) is 4.55. The molecule has 0 rings (SSSR count). The van der Waals surface area contributed by atoms with Gasteiger partial charge >= 0.3 is 63.3 Å². The maximum atomic E-state index is 11.2. The van der Waals surface area contributed by atoms with Crippen LogP contribution in [0.1, 0.15) is 54.3 Å². The zero-order chi connectivity index (χ0) is 12.8. The van der Waals surface area contributed by atoms with Crippen LogP contribution in [0.15, 0.2) is 0 Å². The van der Waals surface area contributed by atoms with Gasteiger partial charge in [0, 0.05) is 0 Å². The fourth-order valence-electron chi connectivity index (χ4n) is 1.92. The number of carbonyl (C=O) groups is 2. The minimum Gasteiger partial charge on any atom is -1.00 e. The molecular weight excluding hydrogens is 247 g/mol. The van der Waals surface area contributed by atoms with Crippen LogP contribution in [0, 0.1) is 11.3 Å². The zero-order valence-electron chi connectivity index (χ0n) is 12.3. The van der Waals surface area contributed by atoms with Gasteiger partial charge in [0.2, 0.25) is 0 Å². The third-order valence-electron chi connectivity index (χ3n) is 3.17. The number of carboxylic acid groups (broad SMARTS) is 2. The molecule has 0 aromatic rings. The Labute approximate surface area is 147 Å². The third-order valence-corrected chi connectivity index (χ3v) is 3.17. The molecule has 0 aliphatic heterocycles. The zero-order valence-corrected chi connectivity index (χ0v) is 14.4. The largest absolute Gasteiger partial charge is 1.00 e. The van der Waals surface area contributed by atoms with Crippen LogP contribution in [0.2, 0.25) is 0 Å². The molecule has 0 bridgehead atoms. The van der Waals surface area contributed by atoms with Crippen molar-refractivity contribution in [3.8, 4) is 0 Å². The summed E-state index contributed by atoms with van der Waals surface area (Å²) >= 11 is 0. The average molecular weight is 270 g/mol. The van der Waals surface area contributed by atoms with Gasteiger partial charge in [-0.2, -0.15) is 0 Å². The molecule has 2 N–H and O–H groups in total. The molecule has 0 aromatic heterocycles. The summed E-state index contributed by atoms with van der Waals surface area (Å²) in [5.41, 5.74) is -1.62. The van der Waals surface area contributed by atoms with Gasteiger partial charge in [-0.15, -0.1) is 0 Å². The first kappa shape index (κ1) is 19.9. The van der Waals surface area contributed by atoms with Gasteiger partial charge < -0.3 is 11.6 Å². The second kappa shape index (κ2) is 9.50. The van der Waals surface area contributed by atoms with Gasteiger partial charge in [-0.05, 0) is 12.3 Å². The van der Waals surface area contributed by atoms with E-state index in [0.717, 1.165) is 19.3 Å². The maximum Gasteiger partial charge on any atom is 1.00 e. The Morgan fingerprint density at radius 1 is 1.12 bits per heavy atom. The molecule has 0 radical (unpaired) electrons. The SMILES string of the molecule is CCCCCCC(C(=O)O)(C(=O)O)C(C)C.[H-].[K+]. The molecule has 0 aliphatic carbocycles. The standard InChI is InChI=1S/C12H22O4.K.H/c1-4-5-6-7-8-12(9(2)3,10(13)14)11(15)16;;/h9H,4-8H2,1-3H3,(H,13,14)(H,15,16);;/q;+1;-1. The molecule has 0 atom stereocenters. The number of rotatable bonds is 8. The van der Waals surface area contributed by atoms with Crippen LogP contribution in [0.4, 0.5) is 0 Å². The first-order chi connectivity index (χ1) is 7.39. The van der Waals surface area contributed by atoms with Crippen molar-refractivity contribution in [3.05, 3.63) is 0 Å². The molecule has 0 aliphatic rings. The van der Waals surface area contributed by atoms with E-state index in [0.29, 0.717) is 6.42 Å². The second-order valence-corrected chi connectivity index (χ2v) is 4.55. The summed E-state index contributed by atoms with van der Waals surface area (Å²) in [5, 5.41) is 18.3. The van der Waals surface area contributed by atoms with E-state index in [4.69, 9.17) is 10.2 Å². The van der Waals surface area contributed by atoms with Crippen molar-refractivity contribution in [3.63, 3.8) is 0 Å². The van der Waals surface area contributed by atoms with Gasteiger partial charge in [-0.3, -0.25) is 9.59 Å². The molecule has 0 saturated carbocycles. The number of hydrogen-bond donors (Lipinski definition) is 2. The first-order valence-electron chi connectivity index (χ1n) is 5.86. The summed E-state index contributed by atoms with van der Waals surface area (Å²) < 4.78 is 0. The predicted octanol–water partition coefficient (Wildman–Crippen LogP) is -0.115. The van der Waals surface area contributed by atoms with Crippen molar-refractivity contribution in [2.75, 3.05) is 0 Å². The van der Waals surface area contributed by atoms with Gasteiger partial charge in [0.15, 0.2) is 5.41 Å². The summed E-state index contributed by atoms with van der Waals surface area (Å²) in [6, 6.07) is 0. The van der Waals surface area contributed by atoms with Crippen molar-refractivity contribution >= 4 is 11.9 Å². The van der Waals surface area contributed by atoms with Gasteiger partial charge in [0.1, 0.15) is 0 Å². The van der Waals surface area contributed by atoms with Gasteiger partial charge in [-0.1, -0.05) is 46.5 Å². The van der Waals surface area contributed by atoms with Gasteiger partial charge in [0.25, 0.3) is 0 Å². The molecule has 0 saturated heterocycles. The molecule has 0 spiro atoms. The fraction of sp³-hybridized carbons (Fsp3) is 0.833. The van der Waals surface area contributed by atoms with Crippen LogP contribution in [0.25, 0.3) is 0 Å². The van der Waals surface area contributed by atoms with Crippen LogP contribution >= 0.6 is 0 Å². The van der Waals surface area contributed by atoms with Crippen molar-refractivity contribution < 1.29 is 72.6 Å². The van der Waals surface area contributed by atoms with Crippen molar-refractivity contribution in [1.29, 1.82) is 0 Å². The molecule has 0 aromatic carbocycles. The normalized spacial score (nSPS) is 11.1. The third kappa shape index (κ3) is 5.38. The van der Waals surface area contributed by atoms with E-state index < -0.39 is 23.3 Å². The number of carboxylic acids is 2. The summed E-state index contributed by atoms with van der Waals surface area (Å²) in [6.45, 7) is 5.37. The number of aliphatic carboxylic acids is 2. The molecule has 0 heterocycles. The van der Waals surface area contributed by atoms with Crippen molar-refractivity contribution in [2.24, 2.45) is 11.3 Å². The van der Waals surface area contributed by atoms with Crippen molar-refractivity contribution in [2.45, 2.75) is 52.9 Å². The molecule has 0 fully saturated rings. The van der Waals surface area contributed by atoms with Crippen LogP contribution in [0.3, 0.4) is 0 Å². The summed E-state index contributed by atoms with van der Waals surface area (Å²) in [5.74, 6) is -2.83. The molecule has 17 heavy (non-hydrogen) atoms. The Balaban J connectivity index is -0.00000112. The van der Waals surface area contributed by atoms with E-state index in [1.807, 2.05) is 0 Å². The van der Waals surface area contributed by atoms with Crippen molar-refractivity contribution in [1.82, 2.24) is 0 Å². The molecule has 96 valence electrons. The molecular formula is C12H23KO4. The fourth-order valence-corrected chi connectivity index (χ4v) is 1.92. The van der Waals surface area contributed by atoms with Crippen LogP contribution < -0.4 is 51.4 Å². The van der Waals surface area contributed by atoms with Gasteiger partial charge in [0.05, 0.1) is 0 Å². The Morgan fingerprint density at radius 2 is 1.59 bits per heavy atom. The minimum absolute atomic E-state index is 0. The quantitative estimate of drug-likeness (QED) is 0.366. The molecule has 5 heteroatoms. The average Bonchev–Trinajstić information content (AvgIpc) is 2.16. The van der Waals surface area contributed by atoms with E-state index in [-0.39, 0.29) is 59.2 Å². The molecule has 0 amide bonds. The summed E-state index contributed by atoms with van der Waals surface area (Å²) in [4.78, 5) is 22.4. The number of unbranched alkanes of at least 4 members (excludes halogenated alkanes) is 3. The Kier molecular flexibility index (Phi) is 11.1. The minimum atomic E-state index is -1.62. The Hall–Kier alpha value is 0.576. The van der Waals surface area contributed by atoms with E-state index >= 15 is 0 Å². The molecule has 0 unspecified atom stereocenters. The van der Waals surface area contributed by atoms with E-state index in [1.54, 1.807) is 13.8 Å². The van der Waals surface area contributed by atoms with E-state index in [9.17, 15) is 9.59 Å². The predicted molar refractivity (Wildman–Crippen MR) is 62.4 cm³/mol. The van der Waals surface area contributed by atoms with Crippen LogP contribution in [-0.4, -0.2) is 22.2 Å². The smallest absolute Gasteiger partial charge is 1.00 e.